The number of amides is 1. The molecule has 0 aliphatic carbocycles. The standard InChI is InChI=1S/C12H13ClF3NO3S/c1-7-4-8(2)10(21(13,19)20)5-9(7)11(18)17(3)6-12(14,15)16/h4-5H,6H2,1-3H3. The molecule has 0 atom stereocenters. The van der Waals surface area contributed by atoms with Gasteiger partial charge in [-0.15, -0.1) is 0 Å². The Balaban J connectivity index is 3.28. The Labute approximate surface area is 124 Å². The van der Waals surface area contributed by atoms with Crippen molar-refractivity contribution in [1.82, 2.24) is 4.90 Å². The summed E-state index contributed by atoms with van der Waals surface area (Å²) in [6.07, 6.45) is -4.54. The number of nitrogens with zero attached hydrogens (tertiary/aromatic N) is 1. The second-order valence-corrected chi connectivity index (χ2v) is 7.18. The number of hydrogen-bond acceptors (Lipinski definition) is 3. The molecule has 0 radical (unpaired) electrons. The number of carbonyl (C=O) groups is 1. The molecule has 0 aliphatic heterocycles. The van der Waals surface area contributed by atoms with E-state index in [1.807, 2.05) is 0 Å². The van der Waals surface area contributed by atoms with Gasteiger partial charge in [0.1, 0.15) is 6.54 Å². The van der Waals surface area contributed by atoms with Crippen molar-refractivity contribution in [2.45, 2.75) is 24.9 Å². The van der Waals surface area contributed by atoms with Crippen LogP contribution in [0.4, 0.5) is 13.2 Å². The molecule has 9 heteroatoms. The monoisotopic (exact) mass is 343 g/mol. The fourth-order valence-corrected chi connectivity index (χ4v) is 3.07. The number of alkyl halides is 3. The van der Waals surface area contributed by atoms with E-state index in [4.69, 9.17) is 10.7 Å². The van der Waals surface area contributed by atoms with Gasteiger partial charge in [0.05, 0.1) is 4.90 Å². The van der Waals surface area contributed by atoms with Gasteiger partial charge in [-0.3, -0.25) is 4.79 Å². The molecule has 0 spiro atoms. The fraction of sp³-hybridized carbons (Fsp3) is 0.417. The highest BCUT2D eigenvalue weighted by molar-refractivity contribution is 8.13. The summed E-state index contributed by atoms with van der Waals surface area (Å²) in [7, 11) is 2.15. The molecule has 0 fully saturated rings. The van der Waals surface area contributed by atoms with Crippen molar-refractivity contribution in [3.63, 3.8) is 0 Å². The molecule has 0 saturated carbocycles. The molecule has 1 aromatic rings. The molecule has 0 saturated heterocycles. The number of rotatable bonds is 3. The van der Waals surface area contributed by atoms with Crippen molar-refractivity contribution in [3.05, 3.63) is 28.8 Å². The summed E-state index contributed by atoms with van der Waals surface area (Å²) < 4.78 is 59.7. The predicted molar refractivity (Wildman–Crippen MR) is 72.0 cm³/mol. The maximum Gasteiger partial charge on any atom is 0.406 e. The average molecular weight is 344 g/mol. The summed E-state index contributed by atoms with van der Waals surface area (Å²) in [5.74, 6) is -0.925. The van der Waals surface area contributed by atoms with Crippen molar-refractivity contribution in [2.24, 2.45) is 0 Å². The van der Waals surface area contributed by atoms with E-state index in [0.29, 0.717) is 16.0 Å². The summed E-state index contributed by atoms with van der Waals surface area (Å²) >= 11 is 0. The van der Waals surface area contributed by atoms with Crippen LogP contribution in [0.5, 0.6) is 0 Å². The Morgan fingerprint density at radius 3 is 2.19 bits per heavy atom. The third kappa shape index (κ3) is 4.60. The second kappa shape index (κ2) is 5.84. The van der Waals surface area contributed by atoms with Crippen LogP contribution >= 0.6 is 10.7 Å². The van der Waals surface area contributed by atoms with E-state index in [1.165, 1.54) is 19.9 Å². The molecular weight excluding hydrogens is 331 g/mol. The van der Waals surface area contributed by atoms with E-state index in [-0.39, 0.29) is 10.5 Å². The van der Waals surface area contributed by atoms with Crippen LogP contribution in [-0.4, -0.2) is 39.0 Å². The molecule has 0 aromatic heterocycles. The molecule has 4 nitrogen and oxygen atoms in total. The van der Waals surface area contributed by atoms with Crippen molar-refractivity contribution < 1.29 is 26.4 Å². The van der Waals surface area contributed by atoms with E-state index < -0.39 is 27.7 Å². The minimum Gasteiger partial charge on any atom is -0.333 e. The second-order valence-electron chi connectivity index (χ2n) is 4.65. The van der Waals surface area contributed by atoms with E-state index in [9.17, 15) is 26.4 Å². The van der Waals surface area contributed by atoms with E-state index in [2.05, 4.69) is 0 Å². The Hall–Kier alpha value is -1.28. The van der Waals surface area contributed by atoms with Gasteiger partial charge in [-0.05, 0) is 31.0 Å². The summed E-state index contributed by atoms with van der Waals surface area (Å²) in [4.78, 5) is 12.2. The van der Waals surface area contributed by atoms with Gasteiger partial charge in [0.15, 0.2) is 0 Å². The molecule has 0 aliphatic rings. The Kier molecular flexibility index (Phi) is 4.94. The summed E-state index contributed by atoms with van der Waals surface area (Å²) in [5.41, 5.74) is 0.555. The third-order valence-corrected chi connectivity index (χ3v) is 4.24. The van der Waals surface area contributed by atoms with Gasteiger partial charge in [-0.2, -0.15) is 13.2 Å². The van der Waals surface area contributed by atoms with Gasteiger partial charge in [-0.25, -0.2) is 8.42 Å². The molecule has 0 unspecified atom stereocenters. The van der Waals surface area contributed by atoms with Crippen LogP contribution in [0.3, 0.4) is 0 Å². The molecule has 0 N–H and O–H groups in total. The number of carbonyl (C=O) groups excluding carboxylic acids is 1. The first-order chi connectivity index (χ1) is 9.33. The smallest absolute Gasteiger partial charge is 0.333 e. The first-order valence-corrected chi connectivity index (χ1v) is 8.02. The van der Waals surface area contributed by atoms with Crippen molar-refractivity contribution >= 4 is 25.6 Å². The molecule has 0 heterocycles. The number of hydrogen-bond donors (Lipinski definition) is 0. The third-order valence-electron chi connectivity index (χ3n) is 2.78. The first kappa shape index (κ1) is 17.8. The summed E-state index contributed by atoms with van der Waals surface area (Å²) in [5, 5.41) is 0. The van der Waals surface area contributed by atoms with Crippen LogP contribution < -0.4 is 0 Å². The zero-order valence-electron chi connectivity index (χ0n) is 11.5. The normalized spacial score (nSPS) is 12.3. The van der Waals surface area contributed by atoms with Gasteiger partial charge >= 0.3 is 6.18 Å². The van der Waals surface area contributed by atoms with Crippen LogP contribution in [0.25, 0.3) is 0 Å². The van der Waals surface area contributed by atoms with Crippen LogP contribution in [0.1, 0.15) is 21.5 Å². The highest BCUT2D eigenvalue weighted by Gasteiger charge is 2.32. The highest BCUT2D eigenvalue weighted by atomic mass is 35.7. The maximum atomic E-state index is 12.3. The number of aryl methyl sites for hydroxylation is 2. The molecular formula is C12H13ClF3NO3S. The summed E-state index contributed by atoms with van der Waals surface area (Å²) in [6.45, 7) is 1.56. The number of benzene rings is 1. The van der Waals surface area contributed by atoms with Gasteiger partial charge in [0.2, 0.25) is 0 Å². The van der Waals surface area contributed by atoms with Crippen LogP contribution in [0.2, 0.25) is 0 Å². The van der Waals surface area contributed by atoms with Crippen molar-refractivity contribution in [1.29, 1.82) is 0 Å². The van der Waals surface area contributed by atoms with Gasteiger partial charge in [-0.1, -0.05) is 6.07 Å². The average Bonchev–Trinajstić information content (AvgIpc) is 2.23. The Bertz CT molecular complexity index is 671. The molecule has 1 rings (SSSR count). The summed E-state index contributed by atoms with van der Waals surface area (Å²) in [6, 6.07) is 2.39. The molecule has 1 aromatic carbocycles. The highest BCUT2D eigenvalue weighted by Crippen LogP contribution is 2.25. The molecule has 21 heavy (non-hydrogen) atoms. The lowest BCUT2D eigenvalue weighted by atomic mass is 10.0. The van der Waals surface area contributed by atoms with Crippen LogP contribution in [-0.2, 0) is 9.05 Å². The minimum absolute atomic E-state index is 0.133. The van der Waals surface area contributed by atoms with E-state index >= 15 is 0 Å². The molecule has 118 valence electrons. The quantitative estimate of drug-likeness (QED) is 0.793. The topological polar surface area (TPSA) is 54.5 Å². The predicted octanol–water partition coefficient (Wildman–Crippen LogP) is 2.87. The lowest BCUT2D eigenvalue weighted by Gasteiger charge is -2.20. The molecule has 0 bridgehead atoms. The lowest BCUT2D eigenvalue weighted by molar-refractivity contribution is -0.138. The fourth-order valence-electron chi connectivity index (χ4n) is 1.87. The zero-order valence-corrected chi connectivity index (χ0v) is 13.0. The Morgan fingerprint density at radius 1 is 1.24 bits per heavy atom. The van der Waals surface area contributed by atoms with E-state index in [0.717, 1.165) is 13.1 Å². The van der Waals surface area contributed by atoms with Crippen molar-refractivity contribution in [3.8, 4) is 0 Å². The van der Waals surface area contributed by atoms with Gasteiger partial charge < -0.3 is 4.90 Å². The van der Waals surface area contributed by atoms with Crippen molar-refractivity contribution in [2.75, 3.05) is 13.6 Å². The first-order valence-electron chi connectivity index (χ1n) is 5.71. The molecule has 1 amide bonds. The van der Waals surface area contributed by atoms with Crippen LogP contribution in [0.15, 0.2) is 17.0 Å². The largest absolute Gasteiger partial charge is 0.406 e. The number of halogens is 4. The maximum absolute atomic E-state index is 12.3. The SMILES string of the molecule is Cc1cc(C)c(S(=O)(=O)Cl)cc1C(=O)N(C)CC(F)(F)F. The van der Waals surface area contributed by atoms with Gasteiger partial charge in [0, 0.05) is 23.3 Å². The minimum atomic E-state index is -4.54. The lowest BCUT2D eigenvalue weighted by Crippen LogP contribution is -2.36. The van der Waals surface area contributed by atoms with Gasteiger partial charge in [0.25, 0.3) is 15.0 Å². The Morgan fingerprint density at radius 2 is 1.76 bits per heavy atom. The zero-order chi connectivity index (χ0) is 16.6. The van der Waals surface area contributed by atoms with Crippen LogP contribution in [0, 0.1) is 13.8 Å². The van der Waals surface area contributed by atoms with E-state index in [1.54, 1.807) is 0 Å².